The number of benzene rings is 3. The van der Waals surface area contributed by atoms with Gasteiger partial charge in [-0.15, -0.1) is 0 Å². The molecule has 3 rings (SSSR count). The number of nitrogens with one attached hydrogen (secondary N) is 1. The lowest BCUT2D eigenvalue weighted by atomic mass is 10.0. The molecule has 0 aliphatic heterocycles. The van der Waals surface area contributed by atoms with Crippen molar-refractivity contribution < 1.29 is 22.4 Å². The Bertz CT molecular complexity index is 1440. The second-order valence-corrected chi connectivity index (χ2v) is 12.6. The number of rotatable bonds is 12. The molecule has 3 aromatic rings. The van der Waals surface area contributed by atoms with E-state index in [1.807, 2.05) is 44.2 Å². The van der Waals surface area contributed by atoms with E-state index in [-0.39, 0.29) is 35.5 Å². The van der Waals surface area contributed by atoms with Crippen LogP contribution >= 0.6 is 23.2 Å². The molecule has 0 fully saturated rings. The quantitative estimate of drug-likeness (QED) is 0.302. The fourth-order valence-corrected chi connectivity index (χ4v) is 5.29. The maximum atomic E-state index is 14.0. The summed E-state index contributed by atoms with van der Waals surface area (Å²) in [4.78, 5) is 28.9. The predicted molar refractivity (Wildman–Crippen MR) is 157 cm³/mol. The van der Waals surface area contributed by atoms with Gasteiger partial charge in [0.05, 0.1) is 17.0 Å². The van der Waals surface area contributed by atoms with Gasteiger partial charge in [0.25, 0.3) is 0 Å². The summed E-state index contributed by atoms with van der Waals surface area (Å²) in [6, 6.07) is 18.5. The lowest BCUT2D eigenvalue weighted by Crippen LogP contribution is -2.53. The number of nitrogens with zero attached hydrogens (tertiary/aromatic N) is 2. The van der Waals surface area contributed by atoms with Crippen molar-refractivity contribution in [3.63, 3.8) is 0 Å². The van der Waals surface area contributed by atoms with Crippen molar-refractivity contribution in [1.29, 1.82) is 0 Å². The van der Waals surface area contributed by atoms with Gasteiger partial charge in [-0.3, -0.25) is 13.9 Å². The Kier molecular flexibility index (Phi) is 11.0. The standard InChI is InChI=1S/C29H32Cl2FN3O4S/c1-20(2)17-33-29(37)27(15-21-8-5-4-6-9-21)34(18-22-10-7-11-23(30)14-22)28(36)19-35(40(3,38)39)24-12-13-26(32)25(31)16-24/h4-14,16,20,27H,15,17-19H2,1-3H3,(H,33,37)/t27-/m1/s1. The number of hydrogen-bond acceptors (Lipinski definition) is 4. The number of anilines is 1. The molecule has 40 heavy (non-hydrogen) atoms. The Hall–Kier alpha value is -3.14. The lowest BCUT2D eigenvalue weighted by Gasteiger charge is -2.33. The van der Waals surface area contributed by atoms with Gasteiger partial charge in [0, 0.05) is 24.5 Å². The van der Waals surface area contributed by atoms with Crippen LogP contribution in [0.5, 0.6) is 0 Å². The molecular formula is C29H32Cl2FN3O4S. The van der Waals surface area contributed by atoms with E-state index in [0.717, 1.165) is 28.3 Å². The van der Waals surface area contributed by atoms with Gasteiger partial charge in [-0.25, -0.2) is 12.8 Å². The highest BCUT2D eigenvalue weighted by Gasteiger charge is 2.33. The van der Waals surface area contributed by atoms with Crippen LogP contribution < -0.4 is 9.62 Å². The highest BCUT2D eigenvalue weighted by Crippen LogP contribution is 2.25. The van der Waals surface area contributed by atoms with Gasteiger partial charge in [0.2, 0.25) is 21.8 Å². The molecule has 0 aromatic heterocycles. The van der Waals surface area contributed by atoms with Gasteiger partial charge in [-0.2, -0.15) is 0 Å². The van der Waals surface area contributed by atoms with Crippen molar-refractivity contribution in [3.8, 4) is 0 Å². The minimum absolute atomic E-state index is 0.00618. The third-order valence-corrected chi connectivity index (χ3v) is 7.73. The molecule has 0 aliphatic rings. The third-order valence-electron chi connectivity index (χ3n) is 6.07. The minimum Gasteiger partial charge on any atom is -0.354 e. The van der Waals surface area contributed by atoms with E-state index in [0.29, 0.717) is 17.1 Å². The number of halogens is 3. The van der Waals surface area contributed by atoms with E-state index in [1.54, 1.807) is 24.3 Å². The minimum atomic E-state index is -4.00. The maximum Gasteiger partial charge on any atom is 0.244 e. The molecule has 11 heteroatoms. The van der Waals surface area contributed by atoms with E-state index < -0.39 is 34.3 Å². The molecule has 0 heterocycles. The Morgan fingerprint density at radius 3 is 2.23 bits per heavy atom. The molecule has 0 saturated heterocycles. The average Bonchev–Trinajstić information content (AvgIpc) is 2.89. The molecule has 0 aliphatic carbocycles. The largest absolute Gasteiger partial charge is 0.354 e. The first-order valence-corrected chi connectivity index (χ1v) is 15.2. The van der Waals surface area contributed by atoms with Crippen molar-refractivity contribution in [3.05, 3.63) is 99.8 Å². The van der Waals surface area contributed by atoms with E-state index in [9.17, 15) is 22.4 Å². The zero-order chi connectivity index (χ0) is 29.4. The summed E-state index contributed by atoms with van der Waals surface area (Å²) in [6.45, 7) is 3.67. The summed E-state index contributed by atoms with van der Waals surface area (Å²) in [5, 5.41) is 3.08. The number of carbonyl (C=O) groups excluding carboxylic acids is 2. The van der Waals surface area contributed by atoms with Gasteiger partial charge in [-0.1, -0.05) is 79.5 Å². The predicted octanol–water partition coefficient (Wildman–Crippen LogP) is 5.31. The summed E-state index contributed by atoms with van der Waals surface area (Å²) >= 11 is 12.1. The second-order valence-electron chi connectivity index (χ2n) is 9.86. The van der Waals surface area contributed by atoms with Crippen molar-refractivity contribution in [2.75, 3.05) is 23.7 Å². The topological polar surface area (TPSA) is 86.8 Å². The molecule has 3 aromatic carbocycles. The first kappa shape index (κ1) is 31.4. The lowest BCUT2D eigenvalue weighted by molar-refractivity contribution is -0.140. The van der Waals surface area contributed by atoms with Gasteiger partial charge in [0.15, 0.2) is 0 Å². The fourth-order valence-electron chi connectivity index (χ4n) is 4.06. The maximum absolute atomic E-state index is 14.0. The zero-order valence-electron chi connectivity index (χ0n) is 22.5. The molecule has 7 nitrogen and oxygen atoms in total. The summed E-state index contributed by atoms with van der Waals surface area (Å²) in [6.07, 6.45) is 1.13. The van der Waals surface area contributed by atoms with Crippen LogP contribution in [0.25, 0.3) is 0 Å². The van der Waals surface area contributed by atoms with Crippen LogP contribution in [0.1, 0.15) is 25.0 Å². The zero-order valence-corrected chi connectivity index (χ0v) is 24.8. The van der Waals surface area contributed by atoms with Gasteiger partial charge >= 0.3 is 0 Å². The molecule has 0 unspecified atom stereocenters. The van der Waals surface area contributed by atoms with Crippen molar-refractivity contribution in [1.82, 2.24) is 10.2 Å². The molecule has 0 radical (unpaired) electrons. The van der Waals surface area contributed by atoms with Gasteiger partial charge in [-0.05, 0) is 47.4 Å². The van der Waals surface area contributed by atoms with Crippen molar-refractivity contribution in [2.24, 2.45) is 5.92 Å². The summed E-state index contributed by atoms with van der Waals surface area (Å²) in [5.74, 6) is -1.56. The fraction of sp³-hybridized carbons (Fsp3) is 0.310. The van der Waals surface area contributed by atoms with Crippen LogP contribution in [0.4, 0.5) is 10.1 Å². The van der Waals surface area contributed by atoms with E-state index in [4.69, 9.17) is 23.2 Å². The number of carbonyl (C=O) groups is 2. The molecule has 2 amide bonds. The van der Waals surface area contributed by atoms with Crippen LogP contribution in [0.3, 0.4) is 0 Å². The SMILES string of the molecule is CC(C)CNC(=O)[C@@H](Cc1ccccc1)N(Cc1cccc(Cl)c1)C(=O)CN(c1ccc(F)c(Cl)c1)S(C)(=O)=O. The van der Waals surface area contributed by atoms with E-state index in [1.165, 1.54) is 11.0 Å². The summed E-state index contributed by atoms with van der Waals surface area (Å²) in [5.41, 5.74) is 1.50. The van der Waals surface area contributed by atoms with Crippen LogP contribution in [0.15, 0.2) is 72.8 Å². The van der Waals surface area contributed by atoms with E-state index >= 15 is 0 Å². The van der Waals surface area contributed by atoms with E-state index in [2.05, 4.69) is 5.32 Å². The van der Waals surface area contributed by atoms with Crippen molar-refractivity contribution in [2.45, 2.75) is 32.9 Å². The first-order chi connectivity index (χ1) is 18.8. The molecule has 0 saturated carbocycles. The summed E-state index contributed by atoms with van der Waals surface area (Å²) < 4.78 is 40.2. The van der Waals surface area contributed by atoms with Gasteiger partial charge in [0.1, 0.15) is 18.4 Å². The van der Waals surface area contributed by atoms with Crippen molar-refractivity contribution >= 4 is 50.7 Å². The summed E-state index contributed by atoms with van der Waals surface area (Å²) in [7, 11) is -4.00. The Morgan fingerprint density at radius 1 is 0.950 bits per heavy atom. The van der Waals surface area contributed by atoms with Crippen LogP contribution in [0.2, 0.25) is 10.0 Å². The molecule has 0 bridgehead atoms. The number of amides is 2. The highest BCUT2D eigenvalue weighted by molar-refractivity contribution is 7.92. The van der Waals surface area contributed by atoms with Crippen LogP contribution in [-0.2, 0) is 32.6 Å². The Labute approximate surface area is 244 Å². The third kappa shape index (κ3) is 8.94. The molecule has 1 N–H and O–H groups in total. The highest BCUT2D eigenvalue weighted by atomic mass is 35.5. The monoisotopic (exact) mass is 607 g/mol. The number of sulfonamides is 1. The molecule has 0 spiro atoms. The van der Waals surface area contributed by atoms with Gasteiger partial charge < -0.3 is 10.2 Å². The Balaban J connectivity index is 2.06. The molecular weight excluding hydrogens is 576 g/mol. The normalized spacial score (nSPS) is 12.2. The molecule has 1 atom stereocenters. The van der Waals surface area contributed by atoms with Crippen LogP contribution in [-0.4, -0.2) is 50.5 Å². The second kappa shape index (κ2) is 14.0. The smallest absolute Gasteiger partial charge is 0.244 e. The van der Waals surface area contributed by atoms with Crippen LogP contribution in [0, 0.1) is 11.7 Å². The first-order valence-electron chi connectivity index (χ1n) is 12.6. The average molecular weight is 609 g/mol. The molecule has 214 valence electrons. The Morgan fingerprint density at radius 2 is 1.62 bits per heavy atom. The number of hydrogen-bond donors (Lipinski definition) is 1.